The van der Waals surface area contributed by atoms with E-state index in [2.05, 4.69) is 71.9 Å². The summed E-state index contributed by atoms with van der Waals surface area (Å²) >= 11 is 0. The molecule has 2 aromatic rings. The van der Waals surface area contributed by atoms with Crippen molar-refractivity contribution in [3.63, 3.8) is 0 Å². The number of hydrogen-bond acceptors (Lipinski definition) is 4. The number of aryl methyl sites for hydroxylation is 1. The number of anilines is 1. The van der Waals surface area contributed by atoms with Crippen molar-refractivity contribution in [2.24, 2.45) is 11.8 Å². The van der Waals surface area contributed by atoms with Crippen LogP contribution in [0.4, 0.5) is 5.95 Å². The Morgan fingerprint density at radius 2 is 1.76 bits per heavy atom. The maximum atomic E-state index is 4.64. The zero-order valence-corrected chi connectivity index (χ0v) is 15.7. The Bertz CT molecular complexity index is 740. The third kappa shape index (κ3) is 2.93. The summed E-state index contributed by atoms with van der Waals surface area (Å²) in [5.74, 6) is 2.72. The molecule has 3 atom stereocenters. The van der Waals surface area contributed by atoms with Crippen molar-refractivity contribution in [1.29, 1.82) is 0 Å². The van der Waals surface area contributed by atoms with Crippen molar-refractivity contribution in [3.8, 4) is 0 Å². The van der Waals surface area contributed by atoms with Crippen LogP contribution < -0.4 is 4.90 Å². The lowest BCUT2D eigenvalue weighted by Crippen LogP contribution is -2.30. The summed E-state index contributed by atoms with van der Waals surface area (Å²) in [7, 11) is 2.27. The molecule has 2 saturated heterocycles. The average Bonchev–Trinajstić information content (AvgIpc) is 3.12. The number of likely N-dealkylation sites (tertiary alicyclic amines) is 1. The van der Waals surface area contributed by atoms with Gasteiger partial charge in [-0.3, -0.25) is 4.90 Å². The second-order valence-electron chi connectivity index (χ2n) is 8.04. The Morgan fingerprint density at radius 1 is 1.04 bits per heavy atom. The highest BCUT2D eigenvalue weighted by Gasteiger charge is 2.46. The summed E-state index contributed by atoms with van der Waals surface area (Å²) in [6.07, 6.45) is 3.98. The number of hydrogen-bond donors (Lipinski definition) is 0. The summed E-state index contributed by atoms with van der Waals surface area (Å²) < 4.78 is 0. The van der Waals surface area contributed by atoms with Crippen LogP contribution in [0.2, 0.25) is 0 Å². The van der Waals surface area contributed by atoms with E-state index in [0.717, 1.165) is 25.6 Å². The van der Waals surface area contributed by atoms with Gasteiger partial charge in [-0.25, -0.2) is 9.97 Å². The first kappa shape index (κ1) is 16.5. The number of aromatic nitrogens is 2. The smallest absolute Gasteiger partial charge is 0.225 e. The van der Waals surface area contributed by atoms with Crippen LogP contribution in [0, 0.1) is 18.8 Å². The van der Waals surface area contributed by atoms with Crippen molar-refractivity contribution in [2.75, 3.05) is 31.6 Å². The van der Waals surface area contributed by atoms with E-state index >= 15 is 0 Å². The predicted octanol–water partition coefficient (Wildman–Crippen LogP) is 3.65. The lowest BCUT2D eigenvalue weighted by Gasteiger charge is -2.28. The van der Waals surface area contributed by atoms with Gasteiger partial charge >= 0.3 is 0 Å². The van der Waals surface area contributed by atoms with Gasteiger partial charge in [0.1, 0.15) is 0 Å². The molecular formula is C21H28N4. The first-order valence-corrected chi connectivity index (χ1v) is 9.37. The first-order chi connectivity index (χ1) is 12.0. The van der Waals surface area contributed by atoms with Crippen LogP contribution in [0.5, 0.6) is 0 Å². The molecule has 1 aromatic carbocycles. The number of benzene rings is 1. The van der Waals surface area contributed by atoms with Crippen LogP contribution in [0.1, 0.15) is 42.5 Å². The maximum Gasteiger partial charge on any atom is 0.225 e. The lowest BCUT2D eigenvalue weighted by molar-refractivity contribution is 0.278. The Hall–Kier alpha value is -1.94. The Kier molecular flexibility index (Phi) is 4.24. The van der Waals surface area contributed by atoms with Crippen molar-refractivity contribution in [3.05, 3.63) is 53.3 Å². The SMILES string of the molecule is Cc1ccccc1[C@@H]1[C@@H]2CN(c3ncc(C(C)C)cn3)C[C@@H]2CN1C. The molecule has 0 unspecified atom stereocenters. The molecule has 0 amide bonds. The molecule has 2 fully saturated rings. The average molecular weight is 336 g/mol. The van der Waals surface area contributed by atoms with Gasteiger partial charge in [0.15, 0.2) is 0 Å². The molecule has 0 radical (unpaired) electrons. The maximum absolute atomic E-state index is 4.64. The first-order valence-electron chi connectivity index (χ1n) is 9.37. The molecule has 4 nitrogen and oxygen atoms in total. The standard InChI is InChI=1S/C21H28N4/c1-14(2)16-9-22-21(23-10-16)25-12-17-11-24(4)20(19(17)13-25)18-8-6-5-7-15(18)3/h5-10,14,17,19-20H,11-13H2,1-4H3/t17-,19+,20+/m0/s1. The molecule has 0 aliphatic carbocycles. The minimum atomic E-state index is 0.478. The minimum absolute atomic E-state index is 0.478. The normalized spacial score (nSPS) is 26.4. The lowest BCUT2D eigenvalue weighted by atomic mass is 9.88. The molecule has 25 heavy (non-hydrogen) atoms. The van der Waals surface area contributed by atoms with Crippen LogP contribution in [-0.2, 0) is 0 Å². The Labute approximate surface area is 150 Å². The van der Waals surface area contributed by atoms with E-state index in [1.165, 1.54) is 16.7 Å². The quantitative estimate of drug-likeness (QED) is 0.856. The summed E-state index contributed by atoms with van der Waals surface area (Å²) in [6.45, 7) is 9.87. The molecule has 3 heterocycles. The van der Waals surface area contributed by atoms with Gasteiger partial charge in [0.05, 0.1) is 0 Å². The zero-order valence-electron chi connectivity index (χ0n) is 15.7. The molecule has 4 rings (SSSR count). The van der Waals surface area contributed by atoms with Gasteiger partial charge in [-0.1, -0.05) is 38.1 Å². The number of nitrogens with zero attached hydrogens (tertiary/aromatic N) is 4. The van der Waals surface area contributed by atoms with Crippen LogP contribution in [-0.4, -0.2) is 41.5 Å². The third-order valence-corrected chi connectivity index (χ3v) is 6.01. The molecule has 0 N–H and O–H groups in total. The summed E-state index contributed by atoms with van der Waals surface area (Å²) in [6, 6.07) is 9.35. The Balaban J connectivity index is 1.56. The molecule has 1 aromatic heterocycles. The van der Waals surface area contributed by atoms with Crippen LogP contribution in [0.15, 0.2) is 36.7 Å². The van der Waals surface area contributed by atoms with Gasteiger partial charge < -0.3 is 4.90 Å². The van der Waals surface area contributed by atoms with Crippen LogP contribution >= 0.6 is 0 Å². The molecule has 0 spiro atoms. The molecule has 132 valence electrons. The molecular weight excluding hydrogens is 308 g/mol. The highest BCUT2D eigenvalue weighted by molar-refractivity contribution is 5.37. The molecule has 0 bridgehead atoms. The van der Waals surface area contributed by atoms with E-state index in [1.54, 1.807) is 0 Å². The van der Waals surface area contributed by atoms with E-state index in [0.29, 0.717) is 23.8 Å². The largest absolute Gasteiger partial charge is 0.340 e. The van der Waals surface area contributed by atoms with Crippen molar-refractivity contribution in [2.45, 2.75) is 32.7 Å². The van der Waals surface area contributed by atoms with Gasteiger partial charge in [0.25, 0.3) is 0 Å². The van der Waals surface area contributed by atoms with Crippen molar-refractivity contribution >= 4 is 5.95 Å². The summed E-state index contributed by atoms with van der Waals surface area (Å²) in [4.78, 5) is 14.2. The predicted molar refractivity (Wildman–Crippen MR) is 102 cm³/mol. The van der Waals surface area contributed by atoms with Gasteiger partial charge in [0, 0.05) is 44.0 Å². The monoisotopic (exact) mass is 336 g/mol. The molecule has 0 saturated carbocycles. The van der Waals surface area contributed by atoms with E-state index in [1.807, 2.05) is 12.4 Å². The van der Waals surface area contributed by atoms with E-state index in [-0.39, 0.29) is 0 Å². The van der Waals surface area contributed by atoms with Gasteiger partial charge in [-0.05, 0) is 42.5 Å². The van der Waals surface area contributed by atoms with Gasteiger partial charge in [-0.2, -0.15) is 0 Å². The highest BCUT2D eigenvalue weighted by Crippen LogP contribution is 2.45. The third-order valence-electron chi connectivity index (χ3n) is 6.01. The fourth-order valence-electron chi connectivity index (χ4n) is 4.60. The van der Waals surface area contributed by atoms with E-state index in [4.69, 9.17) is 0 Å². The second-order valence-corrected chi connectivity index (χ2v) is 8.04. The highest BCUT2D eigenvalue weighted by atomic mass is 15.3. The summed E-state index contributed by atoms with van der Waals surface area (Å²) in [5, 5.41) is 0. The molecule has 2 aliphatic heterocycles. The van der Waals surface area contributed by atoms with Crippen LogP contribution in [0.25, 0.3) is 0 Å². The topological polar surface area (TPSA) is 32.3 Å². The van der Waals surface area contributed by atoms with Gasteiger partial charge in [-0.15, -0.1) is 0 Å². The molecule has 2 aliphatic rings. The van der Waals surface area contributed by atoms with Crippen molar-refractivity contribution in [1.82, 2.24) is 14.9 Å². The zero-order chi connectivity index (χ0) is 17.6. The second kappa shape index (κ2) is 6.41. The number of fused-ring (bicyclic) bond motifs is 1. The molecule has 4 heteroatoms. The van der Waals surface area contributed by atoms with E-state index < -0.39 is 0 Å². The number of rotatable bonds is 3. The minimum Gasteiger partial charge on any atom is -0.340 e. The van der Waals surface area contributed by atoms with E-state index in [9.17, 15) is 0 Å². The van der Waals surface area contributed by atoms with Gasteiger partial charge in [0.2, 0.25) is 5.95 Å². The summed E-state index contributed by atoms with van der Waals surface area (Å²) in [5.41, 5.74) is 4.09. The van der Waals surface area contributed by atoms with Crippen molar-refractivity contribution < 1.29 is 0 Å². The Morgan fingerprint density at radius 3 is 2.44 bits per heavy atom. The van der Waals surface area contributed by atoms with Crippen LogP contribution in [0.3, 0.4) is 0 Å². The fourth-order valence-corrected chi connectivity index (χ4v) is 4.60. The fraction of sp³-hybridized carbons (Fsp3) is 0.524.